The number of nitrogens with zero attached hydrogens (tertiary/aromatic N) is 1. The SMILES string of the molecule is CNC(=O)Nc1n[nH]c2c1C(=O)c1ccccc1-2. The number of hydrogen-bond donors (Lipinski definition) is 3. The molecule has 2 aromatic rings. The van der Waals surface area contributed by atoms with Crippen LogP contribution in [0.4, 0.5) is 10.6 Å². The molecule has 0 aliphatic heterocycles. The van der Waals surface area contributed by atoms with E-state index in [-0.39, 0.29) is 11.6 Å². The Morgan fingerprint density at radius 3 is 2.72 bits per heavy atom. The van der Waals surface area contributed by atoms with Gasteiger partial charge in [0.05, 0.1) is 11.3 Å². The second-order valence-electron chi connectivity index (χ2n) is 3.90. The number of aromatic nitrogens is 2. The van der Waals surface area contributed by atoms with Crippen molar-refractivity contribution in [3.8, 4) is 11.3 Å². The molecule has 90 valence electrons. The fourth-order valence-electron chi connectivity index (χ4n) is 2.05. The van der Waals surface area contributed by atoms with Gasteiger partial charge in [-0.25, -0.2) is 4.79 Å². The van der Waals surface area contributed by atoms with Crippen LogP contribution in [0.2, 0.25) is 0 Å². The fourth-order valence-corrected chi connectivity index (χ4v) is 2.05. The Bertz CT molecular complexity index is 660. The van der Waals surface area contributed by atoms with Crippen LogP contribution in [-0.4, -0.2) is 29.1 Å². The van der Waals surface area contributed by atoms with Crippen LogP contribution in [0.3, 0.4) is 0 Å². The van der Waals surface area contributed by atoms with Gasteiger partial charge in [0.1, 0.15) is 0 Å². The molecule has 6 nitrogen and oxygen atoms in total. The first-order valence-corrected chi connectivity index (χ1v) is 5.43. The van der Waals surface area contributed by atoms with Crippen molar-refractivity contribution in [1.82, 2.24) is 15.5 Å². The quantitative estimate of drug-likeness (QED) is 0.602. The number of benzene rings is 1. The third-order valence-corrected chi connectivity index (χ3v) is 2.89. The van der Waals surface area contributed by atoms with E-state index < -0.39 is 6.03 Å². The predicted molar refractivity (Wildman–Crippen MR) is 65.5 cm³/mol. The smallest absolute Gasteiger partial charge is 0.320 e. The van der Waals surface area contributed by atoms with E-state index in [2.05, 4.69) is 20.8 Å². The van der Waals surface area contributed by atoms with Crippen molar-refractivity contribution in [3.63, 3.8) is 0 Å². The number of urea groups is 1. The highest BCUT2D eigenvalue weighted by Crippen LogP contribution is 2.38. The van der Waals surface area contributed by atoms with Crippen LogP contribution >= 0.6 is 0 Å². The number of hydrogen-bond acceptors (Lipinski definition) is 3. The minimum Gasteiger partial charge on any atom is -0.341 e. The average Bonchev–Trinajstić information content (AvgIpc) is 2.92. The summed E-state index contributed by atoms with van der Waals surface area (Å²) < 4.78 is 0. The molecule has 0 saturated carbocycles. The lowest BCUT2D eigenvalue weighted by atomic mass is 10.1. The molecule has 3 rings (SSSR count). The average molecular weight is 242 g/mol. The largest absolute Gasteiger partial charge is 0.341 e. The van der Waals surface area contributed by atoms with E-state index in [1.165, 1.54) is 7.05 Å². The van der Waals surface area contributed by atoms with E-state index in [1.54, 1.807) is 6.07 Å². The first-order valence-electron chi connectivity index (χ1n) is 5.43. The lowest BCUT2D eigenvalue weighted by Gasteiger charge is -2.01. The summed E-state index contributed by atoms with van der Waals surface area (Å²) in [5.74, 6) is 0.131. The molecule has 1 aromatic heterocycles. The third-order valence-electron chi connectivity index (χ3n) is 2.89. The highest BCUT2D eigenvalue weighted by Gasteiger charge is 2.32. The monoisotopic (exact) mass is 242 g/mol. The van der Waals surface area contributed by atoms with E-state index in [1.807, 2.05) is 18.2 Å². The minimum atomic E-state index is -0.409. The summed E-state index contributed by atoms with van der Waals surface area (Å²) >= 11 is 0. The summed E-state index contributed by atoms with van der Waals surface area (Å²) in [6.45, 7) is 0. The summed E-state index contributed by atoms with van der Waals surface area (Å²) in [4.78, 5) is 23.5. The summed E-state index contributed by atoms with van der Waals surface area (Å²) in [7, 11) is 1.50. The lowest BCUT2D eigenvalue weighted by Crippen LogP contribution is -2.25. The zero-order valence-electron chi connectivity index (χ0n) is 9.57. The standard InChI is InChI=1S/C12H10N4O2/c1-13-12(18)14-11-8-9(15-16-11)6-4-2-3-5-7(6)10(8)17/h2-5H,1H3,(H3,13,14,15,16,18). The van der Waals surface area contributed by atoms with Crippen molar-refractivity contribution in [3.05, 3.63) is 35.4 Å². The molecule has 3 N–H and O–H groups in total. The molecule has 0 unspecified atom stereocenters. The molecular formula is C12H10N4O2. The summed E-state index contributed by atoms with van der Waals surface area (Å²) in [6.07, 6.45) is 0. The van der Waals surface area contributed by atoms with Crippen molar-refractivity contribution < 1.29 is 9.59 Å². The number of anilines is 1. The molecule has 1 aliphatic rings. The van der Waals surface area contributed by atoms with Crippen molar-refractivity contribution in [2.45, 2.75) is 0 Å². The highest BCUT2D eigenvalue weighted by atomic mass is 16.2. The molecule has 0 fully saturated rings. The van der Waals surface area contributed by atoms with Gasteiger partial charge in [-0.05, 0) is 0 Å². The first kappa shape index (κ1) is 10.5. The first-order chi connectivity index (χ1) is 8.72. The van der Waals surface area contributed by atoms with Gasteiger partial charge in [0.25, 0.3) is 0 Å². The number of ketones is 1. The Kier molecular flexibility index (Phi) is 2.16. The predicted octanol–water partition coefficient (Wildman–Crippen LogP) is 1.37. The van der Waals surface area contributed by atoms with Gasteiger partial charge in [0.15, 0.2) is 11.6 Å². The molecule has 0 radical (unpaired) electrons. The van der Waals surface area contributed by atoms with Crippen molar-refractivity contribution >= 4 is 17.6 Å². The topological polar surface area (TPSA) is 86.9 Å². The van der Waals surface area contributed by atoms with Crippen LogP contribution in [0.15, 0.2) is 24.3 Å². The van der Waals surface area contributed by atoms with E-state index in [9.17, 15) is 9.59 Å². The molecule has 2 amide bonds. The van der Waals surface area contributed by atoms with Crippen LogP contribution < -0.4 is 10.6 Å². The summed E-state index contributed by atoms with van der Waals surface area (Å²) in [5.41, 5.74) is 2.51. The molecule has 0 saturated heterocycles. The second kappa shape index (κ2) is 3.69. The fraction of sp³-hybridized carbons (Fsp3) is 0.0833. The summed E-state index contributed by atoms with van der Waals surface area (Å²) in [5, 5.41) is 11.7. The van der Waals surface area contributed by atoms with Crippen molar-refractivity contribution in [1.29, 1.82) is 0 Å². The second-order valence-corrected chi connectivity index (χ2v) is 3.90. The number of fused-ring (bicyclic) bond motifs is 3. The molecule has 0 spiro atoms. The van der Waals surface area contributed by atoms with Gasteiger partial charge in [0.2, 0.25) is 0 Å². The van der Waals surface area contributed by atoms with E-state index in [0.717, 1.165) is 5.56 Å². The molecular weight excluding hydrogens is 232 g/mol. The molecule has 1 heterocycles. The van der Waals surface area contributed by atoms with Gasteiger partial charge in [-0.2, -0.15) is 5.10 Å². The number of amides is 2. The van der Waals surface area contributed by atoms with Gasteiger partial charge >= 0.3 is 6.03 Å². The Morgan fingerprint density at radius 2 is 2.00 bits per heavy atom. The van der Waals surface area contributed by atoms with Crippen LogP contribution in [0.1, 0.15) is 15.9 Å². The minimum absolute atomic E-state index is 0.124. The molecule has 18 heavy (non-hydrogen) atoms. The number of nitrogens with one attached hydrogen (secondary N) is 3. The van der Waals surface area contributed by atoms with Gasteiger partial charge in [-0.1, -0.05) is 24.3 Å². The Labute approximate surface area is 102 Å². The Balaban J connectivity index is 2.10. The van der Waals surface area contributed by atoms with Crippen LogP contribution in [0, 0.1) is 0 Å². The van der Waals surface area contributed by atoms with Crippen molar-refractivity contribution in [2.75, 3.05) is 12.4 Å². The van der Waals surface area contributed by atoms with E-state index in [0.29, 0.717) is 16.8 Å². The van der Waals surface area contributed by atoms with Crippen LogP contribution in [-0.2, 0) is 0 Å². The van der Waals surface area contributed by atoms with Gasteiger partial charge in [-0.15, -0.1) is 0 Å². The van der Waals surface area contributed by atoms with Gasteiger partial charge in [0, 0.05) is 18.2 Å². The number of rotatable bonds is 1. The molecule has 0 bridgehead atoms. The van der Waals surface area contributed by atoms with E-state index >= 15 is 0 Å². The molecule has 0 atom stereocenters. The summed E-state index contributed by atoms with van der Waals surface area (Å²) in [6, 6.07) is 6.86. The maximum atomic E-state index is 12.2. The number of aromatic amines is 1. The zero-order valence-corrected chi connectivity index (χ0v) is 9.57. The Hall–Kier alpha value is -2.63. The molecule has 6 heteroatoms. The number of carbonyl (C=O) groups excluding carboxylic acids is 2. The normalized spacial score (nSPS) is 11.9. The molecule has 1 aliphatic carbocycles. The zero-order chi connectivity index (χ0) is 12.7. The Morgan fingerprint density at radius 1 is 1.28 bits per heavy atom. The number of carbonyl (C=O) groups is 2. The maximum absolute atomic E-state index is 12.2. The molecule has 1 aromatic carbocycles. The lowest BCUT2D eigenvalue weighted by molar-refractivity contribution is 0.104. The van der Waals surface area contributed by atoms with Crippen LogP contribution in [0.5, 0.6) is 0 Å². The van der Waals surface area contributed by atoms with Gasteiger partial charge < -0.3 is 5.32 Å². The highest BCUT2D eigenvalue weighted by molar-refractivity contribution is 6.24. The third kappa shape index (κ3) is 1.32. The number of H-pyrrole nitrogens is 1. The maximum Gasteiger partial charge on any atom is 0.320 e. The van der Waals surface area contributed by atoms with E-state index in [4.69, 9.17) is 0 Å². The van der Waals surface area contributed by atoms with Crippen LogP contribution in [0.25, 0.3) is 11.3 Å². The van der Waals surface area contributed by atoms with Gasteiger partial charge in [-0.3, -0.25) is 15.2 Å². The van der Waals surface area contributed by atoms with Crippen molar-refractivity contribution in [2.24, 2.45) is 0 Å².